The number of hydrogen-bond acceptors (Lipinski definition) is 3. The van der Waals surface area contributed by atoms with Crippen molar-refractivity contribution in [3.63, 3.8) is 0 Å². The Hall–Kier alpha value is -2.00. The average molecular weight is 381 g/mol. The topological polar surface area (TPSA) is 30.2 Å². The van der Waals surface area contributed by atoms with Crippen molar-refractivity contribution in [2.45, 2.75) is 63.2 Å². The monoisotopic (exact) mass is 380 g/mol. The first kappa shape index (κ1) is 19.8. The van der Waals surface area contributed by atoms with Gasteiger partial charge in [0, 0.05) is 4.75 Å². The van der Waals surface area contributed by atoms with Crippen molar-refractivity contribution in [3.05, 3.63) is 69.4 Å². The average Bonchev–Trinajstić information content (AvgIpc) is 2.61. The minimum Gasteiger partial charge on any atom is -0.449 e. The summed E-state index contributed by atoms with van der Waals surface area (Å²) in [4.78, 5) is 12.7. The number of para-hydroxylation sites is 1. The molecule has 1 unspecified atom stereocenters. The third-order valence-electron chi connectivity index (χ3n) is 4.95. The molecule has 0 amide bonds. The maximum atomic E-state index is 12.7. The molecule has 0 saturated carbocycles. The van der Waals surface area contributed by atoms with Crippen LogP contribution in [0.1, 0.15) is 58.9 Å². The Morgan fingerprint density at radius 2 is 1.93 bits per heavy atom. The van der Waals surface area contributed by atoms with Gasteiger partial charge in [0.1, 0.15) is 5.58 Å². The van der Waals surface area contributed by atoms with E-state index in [1.165, 1.54) is 11.1 Å². The molecule has 2 nitrogen and oxygen atoms in total. The van der Waals surface area contributed by atoms with Crippen molar-refractivity contribution in [1.82, 2.24) is 0 Å². The lowest BCUT2D eigenvalue weighted by atomic mass is 10.00. The van der Waals surface area contributed by atoms with E-state index >= 15 is 0 Å². The quantitative estimate of drug-likeness (QED) is 0.499. The number of fused-ring (bicyclic) bond motifs is 2. The van der Waals surface area contributed by atoms with Gasteiger partial charge in [0.15, 0.2) is 5.09 Å². The molecule has 0 bridgehead atoms. The van der Waals surface area contributed by atoms with Crippen LogP contribution in [0.3, 0.4) is 0 Å². The molecule has 0 radical (unpaired) electrons. The largest absolute Gasteiger partial charge is 0.449 e. The summed E-state index contributed by atoms with van der Waals surface area (Å²) in [5.74, 6) is 0. The Labute approximate surface area is 166 Å². The van der Waals surface area contributed by atoms with Crippen LogP contribution in [-0.2, 0) is 0 Å². The molecule has 0 spiro atoms. The maximum Gasteiger partial charge on any atom is 0.201 e. The first-order chi connectivity index (χ1) is 12.9. The highest BCUT2D eigenvalue weighted by molar-refractivity contribution is 8.00. The number of benzene rings is 1. The van der Waals surface area contributed by atoms with Gasteiger partial charge in [-0.05, 0) is 71.6 Å². The lowest BCUT2D eigenvalue weighted by Gasteiger charge is -2.28. The normalized spacial score (nSPS) is 19.2. The van der Waals surface area contributed by atoms with E-state index in [2.05, 4.69) is 45.9 Å². The second-order valence-electron chi connectivity index (χ2n) is 7.79. The maximum absolute atomic E-state index is 12.7. The van der Waals surface area contributed by atoms with Gasteiger partial charge in [0.05, 0.1) is 10.9 Å². The van der Waals surface area contributed by atoms with Crippen molar-refractivity contribution in [1.29, 1.82) is 0 Å². The van der Waals surface area contributed by atoms with E-state index < -0.39 is 0 Å². The minimum atomic E-state index is -0.0535. The molecule has 1 atom stereocenters. The molecule has 0 fully saturated rings. The summed E-state index contributed by atoms with van der Waals surface area (Å²) in [5, 5.41) is 1.40. The summed E-state index contributed by atoms with van der Waals surface area (Å²) in [5.41, 5.74) is 4.24. The van der Waals surface area contributed by atoms with Gasteiger partial charge >= 0.3 is 0 Å². The zero-order valence-corrected chi connectivity index (χ0v) is 17.5. The number of allylic oxidation sites excluding steroid dienone is 4. The molecule has 0 aliphatic carbocycles. The smallest absolute Gasteiger partial charge is 0.201 e. The SMILES string of the molecule is CC(C)=CCC/C(C)=C/CCC1(C)C=Cc2c(oc3ccccc3c2=O)S1. The summed E-state index contributed by atoms with van der Waals surface area (Å²) < 4.78 is 6.00. The van der Waals surface area contributed by atoms with Crippen LogP contribution in [0.25, 0.3) is 17.0 Å². The van der Waals surface area contributed by atoms with Crippen LogP contribution in [0.5, 0.6) is 0 Å². The van der Waals surface area contributed by atoms with Gasteiger partial charge in [0.25, 0.3) is 0 Å². The summed E-state index contributed by atoms with van der Waals surface area (Å²) in [6.07, 6.45) is 13.0. The lowest BCUT2D eigenvalue weighted by Crippen LogP contribution is -2.21. The Balaban J connectivity index is 1.70. The van der Waals surface area contributed by atoms with Crippen LogP contribution in [0.15, 0.2) is 67.9 Å². The third kappa shape index (κ3) is 4.84. The Kier molecular flexibility index (Phi) is 6.11. The molecule has 0 saturated heterocycles. The van der Waals surface area contributed by atoms with Crippen LogP contribution < -0.4 is 5.43 Å². The molecule has 27 heavy (non-hydrogen) atoms. The summed E-state index contributed by atoms with van der Waals surface area (Å²) in [6.45, 7) is 8.72. The molecule has 0 N–H and O–H groups in total. The van der Waals surface area contributed by atoms with E-state index in [0.29, 0.717) is 16.5 Å². The van der Waals surface area contributed by atoms with E-state index in [0.717, 1.165) is 30.8 Å². The van der Waals surface area contributed by atoms with Crippen LogP contribution in [0, 0.1) is 0 Å². The first-order valence-corrected chi connectivity index (χ1v) is 10.4. The summed E-state index contributed by atoms with van der Waals surface area (Å²) in [7, 11) is 0. The predicted molar refractivity (Wildman–Crippen MR) is 117 cm³/mol. The second-order valence-corrected chi connectivity index (χ2v) is 9.29. The highest BCUT2D eigenvalue weighted by atomic mass is 32.2. The molecule has 142 valence electrons. The molecular weight excluding hydrogens is 352 g/mol. The molecule has 1 aromatic heterocycles. The van der Waals surface area contributed by atoms with Crippen molar-refractivity contribution in [2.75, 3.05) is 0 Å². The number of thioether (sulfide) groups is 1. The molecule has 3 heteroatoms. The van der Waals surface area contributed by atoms with Crippen molar-refractivity contribution in [3.8, 4) is 0 Å². The van der Waals surface area contributed by atoms with Gasteiger partial charge in [-0.1, -0.05) is 53.3 Å². The predicted octanol–water partition coefficient (Wildman–Crippen LogP) is 7.14. The zero-order valence-electron chi connectivity index (χ0n) is 16.7. The van der Waals surface area contributed by atoms with Gasteiger partial charge < -0.3 is 4.42 Å². The van der Waals surface area contributed by atoms with Gasteiger partial charge in [-0.2, -0.15) is 0 Å². The lowest BCUT2D eigenvalue weighted by molar-refractivity contribution is 0.491. The Bertz CT molecular complexity index is 974. The van der Waals surface area contributed by atoms with Gasteiger partial charge in [-0.3, -0.25) is 4.79 Å². The second kappa shape index (κ2) is 8.35. The molecule has 2 heterocycles. The number of rotatable bonds is 6. The highest BCUT2D eigenvalue weighted by Crippen LogP contribution is 2.43. The van der Waals surface area contributed by atoms with Crippen LogP contribution in [-0.4, -0.2) is 4.75 Å². The summed E-state index contributed by atoms with van der Waals surface area (Å²) >= 11 is 1.67. The fourth-order valence-corrected chi connectivity index (χ4v) is 4.47. The fourth-order valence-electron chi connectivity index (χ4n) is 3.29. The van der Waals surface area contributed by atoms with Crippen LogP contribution in [0.4, 0.5) is 0 Å². The third-order valence-corrected chi connectivity index (χ3v) is 6.25. The zero-order chi connectivity index (χ0) is 19.4. The van der Waals surface area contributed by atoms with Crippen molar-refractivity contribution >= 4 is 28.8 Å². The van der Waals surface area contributed by atoms with Gasteiger partial charge in [-0.15, -0.1) is 0 Å². The van der Waals surface area contributed by atoms with Crippen molar-refractivity contribution < 1.29 is 4.42 Å². The Morgan fingerprint density at radius 3 is 2.70 bits per heavy atom. The van der Waals surface area contributed by atoms with Gasteiger partial charge in [-0.25, -0.2) is 0 Å². The fraction of sp³-hybridized carbons (Fsp3) is 0.375. The minimum absolute atomic E-state index is 0.0535. The molecule has 1 aliphatic heterocycles. The molecule has 1 aromatic carbocycles. The highest BCUT2D eigenvalue weighted by Gasteiger charge is 2.29. The van der Waals surface area contributed by atoms with E-state index in [1.807, 2.05) is 30.3 Å². The molecular formula is C24H28O2S. The van der Waals surface area contributed by atoms with E-state index in [1.54, 1.807) is 11.8 Å². The molecule has 3 rings (SSSR count). The standard InChI is InChI=1S/C24H28O2S/c1-17(2)9-7-10-18(3)11-8-15-24(4)16-14-20-22(25)19-12-5-6-13-21(19)26-23(20)27-24/h5-6,9,11-14,16H,7-8,10,15H2,1-4H3/b18-11+. The molecule has 2 aromatic rings. The van der Waals surface area contributed by atoms with E-state index in [-0.39, 0.29) is 10.2 Å². The first-order valence-electron chi connectivity index (χ1n) is 9.61. The van der Waals surface area contributed by atoms with E-state index in [9.17, 15) is 4.79 Å². The van der Waals surface area contributed by atoms with Gasteiger partial charge in [0.2, 0.25) is 5.43 Å². The number of hydrogen-bond donors (Lipinski definition) is 0. The summed E-state index contributed by atoms with van der Waals surface area (Å²) in [6, 6.07) is 7.48. The van der Waals surface area contributed by atoms with Crippen LogP contribution >= 0.6 is 11.8 Å². The van der Waals surface area contributed by atoms with Crippen molar-refractivity contribution in [2.24, 2.45) is 0 Å². The molecule has 1 aliphatic rings. The van der Waals surface area contributed by atoms with Crippen LogP contribution in [0.2, 0.25) is 0 Å². The van der Waals surface area contributed by atoms with E-state index in [4.69, 9.17) is 4.42 Å². The Morgan fingerprint density at radius 1 is 1.15 bits per heavy atom.